The van der Waals surface area contributed by atoms with Crippen molar-refractivity contribution in [3.05, 3.63) is 54.2 Å². The van der Waals surface area contributed by atoms with E-state index in [9.17, 15) is 26.4 Å². The number of sulfonamides is 1. The van der Waals surface area contributed by atoms with Crippen molar-refractivity contribution in [3.8, 4) is 22.4 Å². The van der Waals surface area contributed by atoms with Gasteiger partial charge in [-0.2, -0.15) is 18.3 Å². The maximum atomic E-state index is 14.0. The molecule has 12 heteroatoms. The lowest BCUT2D eigenvalue weighted by molar-refractivity contribution is -0.146. The number of carboxylic acids is 1. The summed E-state index contributed by atoms with van der Waals surface area (Å²) in [6.07, 6.45) is -3.08. The van der Waals surface area contributed by atoms with Crippen LogP contribution in [0.3, 0.4) is 0 Å². The number of rotatable bonds is 6. The minimum absolute atomic E-state index is 0.133. The first-order chi connectivity index (χ1) is 14.4. The molecule has 0 aliphatic carbocycles. The van der Waals surface area contributed by atoms with Gasteiger partial charge in [-0.25, -0.2) is 18.2 Å². The molecular weight excluding hydrogens is 455 g/mol. The van der Waals surface area contributed by atoms with Crippen molar-refractivity contribution in [2.24, 2.45) is 5.14 Å². The van der Waals surface area contributed by atoms with Gasteiger partial charge in [0.25, 0.3) is 0 Å². The molecule has 2 aromatic carbocycles. The van der Waals surface area contributed by atoms with E-state index in [2.05, 4.69) is 5.10 Å². The van der Waals surface area contributed by atoms with Crippen molar-refractivity contribution in [3.63, 3.8) is 0 Å². The van der Waals surface area contributed by atoms with Gasteiger partial charge in [-0.05, 0) is 36.1 Å². The third kappa shape index (κ3) is 4.92. The van der Waals surface area contributed by atoms with Crippen LogP contribution >= 0.6 is 11.8 Å². The zero-order chi connectivity index (χ0) is 23.0. The van der Waals surface area contributed by atoms with Crippen LogP contribution in [0.25, 0.3) is 22.4 Å². The molecular formula is C19H16F3N3O4S2. The Balaban J connectivity index is 2.31. The van der Waals surface area contributed by atoms with Crippen LogP contribution in [-0.4, -0.2) is 35.5 Å². The summed E-state index contributed by atoms with van der Waals surface area (Å²) in [4.78, 5) is 11.8. The number of aromatic nitrogens is 2. The molecule has 0 saturated carbocycles. The molecule has 7 nitrogen and oxygen atoms in total. The van der Waals surface area contributed by atoms with Crippen LogP contribution in [0.5, 0.6) is 0 Å². The average molecular weight is 471 g/mol. The Morgan fingerprint density at radius 3 is 2.10 bits per heavy atom. The quantitative estimate of drug-likeness (QED) is 0.530. The van der Waals surface area contributed by atoms with Gasteiger partial charge in [0.05, 0.1) is 4.90 Å². The number of carboxylic acid groups (broad SMARTS) is 1. The van der Waals surface area contributed by atoms with E-state index in [1.807, 2.05) is 6.26 Å². The number of primary sulfonamides is 1. The van der Waals surface area contributed by atoms with Crippen molar-refractivity contribution >= 4 is 27.8 Å². The highest BCUT2D eigenvalue weighted by atomic mass is 32.2. The highest BCUT2D eigenvalue weighted by molar-refractivity contribution is 7.98. The Morgan fingerprint density at radius 1 is 1.10 bits per heavy atom. The van der Waals surface area contributed by atoms with Crippen molar-refractivity contribution in [1.29, 1.82) is 0 Å². The SMILES string of the molecule is CSc1ccc(-c2c(-c3ccc(S(N)(=O)=O)cc3)nn(CC(=O)O)c2C(F)(F)F)cc1. The summed E-state index contributed by atoms with van der Waals surface area (Å²) in [5, 5.41) is 18.1. The summed E-state index contributed by atoms with van der Waals surface area (Å²) in [6, 6.07) is 11.1. The summed E-state index contributed by atoms with van der Waals surface area (Å²) in [5.74, 6) is -1.49. The molecule has 3 rings (SSSR count). The average Bonchev–Trinajstić information content (AvgIpc) is 3.06. The number of hydrogen-bond donors (Lipinski definition) is 2. The Morgan fingerprint density at radius 2 is 1.65 bits per heavy atom. The van der Waals surface area contributed by atoms with Crippen molar-refractivity contribution in [1.82, 2.24) is 9.78 Å². The number of nitrogens with zero attached hydrogens (tertiary/aromatic N) is 2. The molecule has 3 aromatic rings. The third-order valence-corrected chi connectivity index (χ3v) is 6.01. The zero-order valence-corrected chi connectivity index (χ0v) is 17.6. The number of carbonyl (C=O) groups is 1. The second kappa shape index (κ2) is 8.36. The normalized spacial score (nSPS) is 12.2. The maximum absolute atomic E-state index is 14.0. The lowest BCUT2D eigenvalue weighted by Crippen LogP contribution is -2.19. The van der Waals surface area contributed by atoms with Gasteiger partial charge >= 0.3 is 12.1 Å². The molecule has 0 saturated heterocycles. The number of thioether (sulfide) groups is 1. The molecule has 31 heavy (non-hydrogen) atoms. The number of aliphatic carboxylic acids is 1. The zero-order valence-electron chi connectivity index (χ0n) is 15.9. The van der Waals surface area contributed by atoms with Crippen molar-refractivity contribution in [2.75, 3.05) is 6.26 Å². The van der Waals surface area contributed by atoms with Crippen LogP contribution < -0.4 is 5.14 Å². The van der Waals surface area contributed by atoms with Gasteiger partial charge in [0.15, 0.2) is 5.69 Å². The molecule has 0 atom stereocenters. The fourth-order valence-electron chi connectivity index (χ4n) is 3.03. The molecule has 164 valence electrons. The summed E-state index contributed by atoms with van der Waals surface area (Å²) < 4.78 is 65.3. The van der Waals surface area contributed by atoms with E-state index in [-0.39, 0.29) is 27.3 Å². The van der Waals surface area contributed by atoms with Crippen molar-refractivity contribution < 1.29 is 31.5 Å². The minimum Gasteiger partial charge on any atom is -0.480 e. The van der Waals surface area contributed by atoms with E-state index < -0.39 is 34.4 Å². The van der Waals surface area contributed by atoms with Gasteiger partial charge in [0.2, 0.25) is 10.0 Å². The highest BCUT2D eigenvalue weighted by Crippen LogP contribution is 2.43. The minimum atomic E-state index is -4.89. The molecule has 1 aromatic heterocycles. The molecule has 1 heterocycles. The topological polar surface area (TPSA) is 115 Å². The Kier molecular flexibility index (Phi) is 6.16. The predicted molar refractivity (Wildman–Crippen MR) is 109 cm³/mol. The molecule has 0 spiro atoms. The van der Waals surface area contributed by atoms with Gasteiger partial charge in [0.1, 0.15) is 12.2 Å². The van der Waals surface area contributed by atoms with E-state index >= 15 is 0 Å². The first-order valence-electron chi connectivity index (χ1n) is 8.59. The molecule has 0 aliphatic heterocycles. The van der Waals surface area contributed by atoms with Gasteiger partial charge in [-0.1, -0.05) is 24.3 Å². The molecule has 0 unspecified atom stereocenters. The van der Waals surface area contributed by atoms with E-state index in [0.29, 0.717) is 4.68 Å². The second-order valence-electron chi connectivity index (χ2n) is 6.42. The van der Waals surface area contributed by atoms with Gasteiger partial charge in [0, 0.05) is 16.0 Å². The smallest absolute Gasteiger partial charge is 0.433 e. The van der Waals surface area contributed by atoms with Crippen LogP contribution in [0.15, 0.2) is 58.3 Å². The van der Waals surface area contributed by atoms with Gasteiger partial charge in [-0.3, -0.25) is 4.79 Å². The summed E-state index contributed by atoms with van der Waals surface area (Å²) in [6.45, 7) is -1.000. The lowest BCUT2D eigenvalue weighted by atomic mass is 9.98. The molecule has 0 amide bonds. The summed E-state index contributed by atoms with van der Waals surface area (Å²) >= 11 is 1.41. The summed E-state index contributed by atoms with van der Waals surface area (Å²) in [5.41, 5.74) is -1.29. The van der Waals surface area contributed by atoms with Crippen LogP contribution in [0.1, 0.15) is 5.69 Å². The van der Waals surface area contributed by atoms with E-state index in [1.54, 1.807) is 12.1 Å². The highest BCUT2D eigenvalue weighted by Gasteiger charge is 2.41. The lowest BCUT2D eigenvalue weighted by Gasteiger charge is -2.12. The molecule has 3 N–H and O–H groups in total. The first-order valence-corrected chi connectivity index (χ1v) is 11.4. The number of halogens is 3. The molecule has 0 radical (unpaired) electrons. The van der Waals surface area contributed by atoms with E-state index in [4.69, 9.17) is 10.2 Å². The number of benzene rings is 2. The van der Waals surface area contributed by atoms with Crippen molar-refractivity contribution in [2.45, 2.75) is 22.5 Å². The monoisotopic (exact) mass is 471 g/mol. The van der Waals surface area contributed by atoms with Crippen LogP contribution in [0.2, 0.25) is 0 Å². The Labute approximate surface area is 179 Å². The maximum Gasteiger partial charge on any atom is 0.433 e. The van der Waals surface area contributed by atoms with E-state index in [1.165, 1.54) is 36.0 Å². The van der Waals surface area contributed by atoms with Crippen LogP contribution in [-0.2, 0) is 27.5 Å². The molecule has 0 aliphatic rings. The number of alkyl halides is 3. The first kappa shape index (κ1) is 22.8. The fourth-order valence-corrected chi connectivity index (χ4v) is 3.95. The predicted octanol–water partition coefficient (Wildman–Crippen LogP) is 3.69. The van der Waals surface area contributed by atoms with E-state index in [0.717, 1.165) is 17.0 Å². The largest absolute Gasteiger partial charge is 0.480 e. The number of nitrogens with two attached hydrogens (primary N) is 1. The molecule has 0 bridgehead atoms. The summed E-state index contributed by atoms with van der Waals surface area (Å²) in [7, 11) is -4.00. The molecule has 0 fully saturated rings. The Hall–Kier alpha value is -2.83. The van der Waals surface area contributed by atoms with Crippen LogP contribution in [0.4, 0.5) is 13.2 Å². The second-order valence-corrected chi connectivity index (χ2v) is 8.86. The number of hydrogen-bond acceptors (Lipinski definition) is 5. The van der Waals surface area contributed by atoms with Crippen LogP contribution in [0, 0.1) is 0 Å². The fraction of sp³-hybridized carbons (Fsp3) is 0.158. The third-order valence-electron chi connectivity index (χ3n) is 4.34. The Bertz CT molecular complexity index is 1220. The van der Waals surface area contributed by atoms with Gasteiger partial charge in [-0.15, -0.1) is 11.8 Å². The van der Waals surface area contributed by atoms with Gasteiger partial charge < -0.3 is 5.11 Å². The standard InChI is InChI=1S/C19H16F3N3O4S2/c1-30-13-6-2-11(3-7-13)16-17(12-4-8-14(9-5-12)31(23,28)29)24-25(10-15(26)27)18(16)19(20,21)22/h2-9H,10H2,1H3,(H,26,27)(H2,23,28,29).